The number of aromatic nitrogens is 1. The number of fused-ring (bicyclic) bond motifs is 1. The number of hydrogen-bond acceptors (Lipinski definition) is 3. The molecule has 1 aliphatic heterocycles. The Kier molecular flexibility index (Phi) is 5.61. The zero-order chi connectivity index (χ0) is 17.5. The Morgan fingerprint density at radius 1 is 1.16 bits per heavy atom. The van der Waals surface area contributed by atoms with E-state index >= 15 is 0 Å². The van der Waals surface area contributed by atoms with E-state index in [2.05, 4.69) is 38.8 Å². The number of benzene rings is 1. The number of guanidine groups is 1. The average Bonchev–Trinajstić information content (AvgIpc) is 2.68. The van der Waals surface area contributed by atoms with Gasteiger partial charge < -0.3 is 15.5 Å². The van der Waals surface area contributed by atoms with E-state index in [1.807, 2.05) is 29.2 Å². The Balaban J connectivity index is 1.48. The van der Waals surface area contributed by atoms with Crippen LogP contribution in [0.1, 0.15) is 16.8 Å². The molecule has 0 fully saturated rings. The number of nitrogens with one attached hydrogen (secondary N) is 2. The largest absolute Gasteiger partial charge is 0.351 e. The molecule has 0 saturated carbocycles. The fourth-order valence-corrected chi connectivity index (χ4v) is 2.88. The van der Waals surface area contributed by atoms with Gasteiger partial charge in [0.25, 0.3) is 0 Å². The first-order chi connectivity index (χ1) is 12.3. The molecule has 1 aliphatic rings. The van der Waals surface area contributed by atoms with Crippen molar-refractivity contribution in [1.29, 1.82) is 0 Å². The molecule has 1 aromatic carbocycles. The SMILES string of the molecule is CN=C(NCC(=O)N1CCc2ccccc2C1)NCc1ccccn1. The Hall–Kier alpha value is -2.89. The highest BCUT2D eigenvalue weighted by Gasteiger charge is 2.20. The highest BCUT2D eigenvalue weighted by Crippen LogP contribution is 2.18. The molecule has 2 heterocycles. The number of amides is 1. The van der Waals surface area contributed by atoms with Gasteiger partial charge in [-0.1, -0.05) is 30.3 Å². The molecule has 6 heteroatoms. The van der Waals surface area contributed by atoms with E-state index < -0.39 is 0 Å². The van der Waals surface area contributed by atoms with Crippen molar-refractivity contribution in [2.45, 2.75) is 19.5 Å². The van der Waals surface area contributed by atoms with Crippen LogP contribution in [0.3, 0.4) is 0 Å². The lowest BCUT2D eigenvalue weighted by Crippen LogP contribution is -2.45. The van der Waals surface area contributed by atoms with Gasteiger partial charge in [0, 0.05) is 26.3 Å². The third-order valence-corrected chi connectivity index (χ3v) is 4.28. The van der Waals surface area contributed by atoms with Crippen LogP contribution < -0.4 is 10.6 Å². The topological polar surface area (TPSA) is 69.6 Å². The predicted octanol–water partition coefficient (Wildman–Crippen LogP) is 1.33. The summed E-state index contributed by atoms with van der Waals surface area (Å²) in [7, 11) is 1.69. The molecule has 2 aromatic rings. The minimum Gasteiger partial charge on any atom is -0.351 e. The highest BCUT2D eigenvalue weighted by atomic mass is 16.2. The number of hydrogen-bond donors (Lipinski definition) is 2. The summed E-state index contributed by atoms with van der Waals surface area (Å²) in [5.41, 5.74) is 3.50. The quantitative estimate of drug-likeness (QED) is 0.652. The molecule has 0 atom stereocenters. The molecule has 0 bridgehead atoms. The third-order valence-electron chi connectivity index (χ3n) is 4.28. The summed E-state index contributed by atoms with van der Waals surface area (Å²) >= 11 is 0. The minimum atomic E-state index is 0.0790. The second-order valence-corrected chi connectivity index (χ2v) is 5.93. The molecule has 130 valence electrons. The highest BCUT2D eigenvalue weighted by molar-refractivity contribution is 5.86. The van der Waals surface area contributed by atoms with Gasteiger partial charge in [0.1, 0.15) is 0 Å². The lowest BCUT2D eigenvalue weighted by atomic mass is 10.00. The fourth-order valence-electron chi connectivity index (χ4n) is 2.88. The van der Waals surface area contributed by atoms with Crippen molar-refractivity contribution in [3.63, 3.8) is 0 Å². The summed E-state index contributed by atoms with van der Waals surface area (Å²) in [6.07, 6.45) is 2.67. The van der Waals surface area contributed by atoms with Crippen LogP contribution in [0.5, 0.6) is 0 Å². The van der Waals surface area contributed by atoms with E-state index in [1.165, 1.54) is 11.1 Å². The van der Waals surface area contributed by atoms with Gasteiger partial charge in [-0.15, -0.1) is 0 Å². The summed E-state index contributed by atoms with van der Waals surface area (Å²) in [4.78, 5) is 22.8. The molecule has 6 nitrogen and oxygen atoms in total. The van der Waals surface area contributed by atoms with Crippen molar-refractivity contribution < 1.29 is 4.79 Å². The van der Waals surface area contributed by atoms with E-state index in [4.69, 9.17) is 0 Å². The maximum absolute atomic E-state index is 12.5. The molecule has 0 saturated heterocycles. The molecular formula is C19H23N5O. The fraction of sp³-hybridized carbons (Fsp3) is 0.316. The first-order valence-corrected chi connectivity index (χ1v) is 8.45. The van der Waals surface area contributed by atoms with Crippen LogP contribution in [0.2, 0.25) is 0 Å². The van der Waals surface area contributed by atoms with E-state index in [0.717, 1.165) is 18.7 Å². The van der Waals surface area contributed by atoms with E-state index in [0.29, 0.717) is 19.0 Å². The van der Waals surface area contributed by atoms with Gasteiger partial charge in [-0.2, -0.15) is 0 Å². The van der Waals surface area contributed by atoms with Gasteiger partial charge >= 0.3 is 0 Å². The summed E-state index contributed by atoms with van der Waals surface area (Å²) in [5.74, 6) is 0.673. The smallest absolute Gasteiger partial charge is 0.242 e. The van der Waals surface area contributed by atoms with Crippen molar-refractivity contribution >= 4 is 11.9 Å². The second-order valence-electron chi connectivity index (χ2n) is 5.93. The average molecular weight is 337 g/mol. The summed E-state index contributed by atoms with van der Waals surface area (Å²) < 4.78 is 0. The number of pyridine rings is 1. The normalized spacial score (nSPS) is 14.0. The molecule has 0 spiro atoms. The maximum Gasteiger partial charge on any atom is 0.242 e. The number of carbonyl (C=O) groups is 1. The summed E-state index contributed by atoms with van der Waals surface area (Å²) in [6, 6.07) is 14.1. The van der Waals surface area contributed by atoms with Crippen LogP contribution in [-0.4, -0.2) is 41.9 Å². The Morgan fingerprint density at radius 2 is 1.96 bits per heavy atom. The van der Waals surface area contributed by atoms with Crippen molar-refractivity contribution in [1.82, 2.24) is 20.5 Å². The van der Waals surface area contributed by atoms with Crippen molar-refractivity contribution in [3.8, 4) is 0 Å². The molecule has 2 N–H and O–H groups in total. The van der Waals surface area contributed by atoms with Gasteiger partial charge in [0.15, 0.2) is 5.96 Å². The summed E-state index contributed by atoms with van der Waals surface area (Å²) in [5, 5.41) is 6.25. The van der Waals surface area contributed by atoms with Crippen LogP contribution >= 0.6 is 0 Å². The molecule has 1 amide bonds. The molecule has 0 aliphatic carbocycles. The third kappa shape index (κ3) is 4.56. The standard InChI is InChI=1S/C19H23N5O/c1-20-19(22-12-17-8-4-5-10-21-17)23-13-18(25)24-11-9-15-6-2-3-7-16(15)14-24/h2-8,10H,9,11-14H2,1H3,(H2,20,22,23). The van der Waals surface area contributed by atoms with Gasteiger partial charge in [-0.05, 0) is 29.7 Å². The zero-order valence-corrected chi connectivity index (χ0v) is 14.4. The minimum absolute atomic E-state index is 0.0790. The van der Waals surface area contributed by atoms with Gasteiger partial charge in [0.2, 0.25) is 5.91 Å². The van der Waals surface area contributed by atoms with Crippen LogP contribution in [0.25, 0.3) is 0 Å². The van der Waals surface area contributed by atoms with E-state index in [-0.39, 0.29) is 12.5 Å². The lowest BCUT2D eigenvalue weighted by Gasteiger charge is -2.29. The lowest BCUT2D eigenvalue weighted by molar-refractivity contribution is -0.130. The molecule has 1 aromatic heterocycles. The monoisotopic (exact) mass is 337 g/mol. The Morgan fingerprint density at radius 3 is 2.72 bits per heavy atom. The van der Waals surface area contributed by atoms with Gasteiger partial charge in [-0.25, -0.2) is 0 Å². The summed E-state index contributed by atoms with van der Waals surface area (Å²) in [6.45, 7) is 2.23. The number of rotatable bonds is 4. The van der Waals surface area contributed by atoms with Crippen LogP contribution in [0, 0.1) is 0 Å². The van der Waals surface area contributed by atoms with Gasteiger partial charge in [0.05, 0.1) is 18.8 Å². The number of nitrogens with zero attached hydrogens (tertiary/aromatic N) is 3. The predicted molar refractivity (Wildman–Crippen MR) is 98.0 cm³/mol. The number of carbonyl (C=O) groups excluding carboxylic acids is 1. The van der Waals surface area contributed by atoms with Crippen LogP contribution in [0.4, 0.5) is 0 Å². The molecule has 0 radical (unpaired) electrons. The zero-order valence-electron chi connectivity index (χ0n) is 14.4. The Labute approximate surface area is 148 Å². The Bertz CT molecular complexity index is 744. The second kappa shape index (κ2) is 8.28. The molecule has 3 rings (SSSR count). The van der Waals surface area contributed by atoms with Gasteiger partial charge in [-0.3, -0.25) is 14.8 Å². The van der Waals surface area contributed by atoms with E-state index in [9.17, 15) is 4.79 Å². The van der Waals surface area contributed by atoms with E-state index in [1.54, 1.807) is 13.2 Å². The van der Waals surface area contributed by atoms with Crippen molar-refractivity contribution in [2.24, 2.45) is 4.99 Å². The molecule has 0 unspecified atom stereocenters. The number of aliphatic imine (C=N–C) groups is 1. The van der Waals surface area contributed by atoms with Crippen molar-refractivity contribution in [3.05, 3.63) is 65.5 Å². The first kappa shape index (κ1) is 17.0. The maximum atomic E-state index is 12.5. The first-order valence-electron chi connectivity index (χ1n) is 8.45. The molecular weight excluding hydrogens is 314 g/mol. The van der Waals surface area contributed by atoms with Crippen molar-refractivity contribution in [2.75, 3.05) is 20.1 Å². The van der Waals surface area contributed by atoms with Crippen LogP contribution in [-0.2, 0) is 24.3 Å². The molecule has 25 heavy (non-hydrogen) atoms. The van der Waals surface area contributed by atoms with Crippen LogP contribution in [0.15, 0.2) is 53.7 Å².